The molecule has 1 amide bonds. The van der Waals surface area contributed by atoms with Crippen LogP contribution in [0.15, 0.2) is 12.1 Å². The van der Waals surface area contributed by atoms with E-state index in [1.165, 1.54) is 0 Å². The average molecular weight is 329 g/mol. The van der Waals surface area contributed by atoms with Crippen LogP contribution in [0.4, 0.5) is 0 Å². The fraction of sp³-hybridized carbons (Fsp3) is 0.467. The molecule has 0 aromatic heterocycles. The van der Waals surface area contributed by atoms with Crippen molar-refractivity contribution >= 4 is 34.7 Å². The molecule has 2 N–H and O–H groups in total. The van der Waals surface area contributed by atoms with Crippen molar-refractivity contribution in [1.82, 2.24) is 4.90 Å². The maximum atomic E-state index is 11.9. The molecule has 116 valence electrons. The molecule has 4 nitrogen and oxygen atoms in total. The number of hydrogen-bond donors (Lipinski definition) is 1. The lowest BCUT2D eigenvalue weighted by Crippen LogP contribution is -2.30. The van der Waals surface area contributed by atoms with Gasteiger partial charge in [0.2, 0.25) is 5.91 Å². The summed E-state index contributed by atoms with van der Waals surface area (Å²) in [6, 6.07) is 3.74. The van der Waals surface area contributed by atoms with Gasteiger partial charge in [-0.3, -0.25) is 4.79 Å². The van der Waals surface area contributed by atoms with E-state index >= 15 is 0 Å². The summed E-state index contributed by atoms with van der Waals surface area (Å²) >= 11 is 10.9. The highest BCUT2D eigenvalue weighted by Gasteiger charge is 2.09. The zero-order valence-electron chi connectivity index (χ0n) is 12.6. The Hall–Kier alpha value is -1.33. The lowest BCUT2D eigenvalue weighted by Gasteiger charge is -2.17. The van der Waals surface area contributed by atoms with E-state index < -0.39 is 0 Å². The number of thiocarbonyl (C=S) groups is 1. The lowest BCUT2D eigenvalue weighted by molar-refractivity contribution is -0.130. The van der Waals surface area contributed by atoms with Crippen LogP contribution < -0.4 is 10.5 Å². The summed E-state index contributed by atoms with van der Waals surface area (Å²) in [4.78, 5) is 13.9. The molecule has 1 aromatic rings. The van der Waals surface area contributed by atoms with Crippen LogP contribution in [-0.4, -0.2) is 36.0 Å². The van der Waals surface area contributed by atoms with Crippen molar-refractivity contribution in [3.05, 3.63) is 28.3 Å². The Morgan fingerprint density at radius 3 is 2.43 bits per heavy atom. The standard InChI is InChI=1S/C15H21ClN2O2S/c1-10-8-12(9-11(2)15(10)16)20-7-5-14(19)18(3)6-4-13(17)21/h8-9H,4-7H2,1-3H3,(H2,17,21). The molecule has 0 aliphatic heterocycles. The molecule has 0 spiro atoms. The number of halogens is 1. The van der Waals surface area contributed by atoms with Gasteiger partial charge in [-0.1, -0.05) is 23.8 Å². The first-order valence-corrected chi connectivity index (χ1v) is 7.51. The number of nitrogens with two attached hydrogens (primary N) is 1. The molecule has 1 aromatic carbocycles. The molecule has 0 atom stereocenters. The Balaban J connectivity index is 2.43. The molecule has 21 heavy (non-hydrogen) atoms. The SMILES string of the molecule is Cc1cc(OCCC(=O)N(C)CCC(N)=S)cc(C)c1Cl. The maximum absolute atomic E-state index is 11.9. The Morgan fingerprint density at radius 2 is 1.90 bits per heavy atom. The predicted molar refractivity (Wildman–Crippen MR) is 90.1 cm³/mol. The van der Waals surface area contributed by atoms with E-state index in [4.69, 9.17) is 34.3 Å². The Bertz CT molecular complexity index is 511. The molecule has 1 rings (SSSR count). The highest BCUT2D eigenvalue weighted by atomic mass is 35.5. The van der Waals surface area contributed by atoms with Gasteiger partial charge in [-0.25, -0.2) is 0 Å². The van der Waals surface area contributed by atoms with Crippen molar-refractivity contribution in [1.29, 1.82) is 0 Å². The van der Waals surface area contributed by atoms with Crippen LogP contribution in [0.5, 0.6) is 5.75 Å². The van der Waals surface area contributed by atoms with Crippen LogP contribution in [0.1, 0.15) is 24.0 Å². The first-order chi connectivity index (χ1) is 9.81. The Labute approximate surface area is 136 Å². The van der Waals surface area contributed by atoms with Gasteiger partial charge in [0.05, 0.1) is 18.0 Å². The highest BCUT2D eigenvalue weighted by molar-refractivity contribution is 7.80. The minimum Gasteiger partial charge on any atom is -0.493 e. The van der Waals surface area contributed by atoms with Gasteiger partial charge in [0.25, 0.3) is 0 Å². The van der Waals surface area contributed by atoms with E-state index in [1.54, 1.807) is 11.9 Å². The fourth-order valence-electron chi connectivity index (χ4n) is 1.84. The van der Waals surface area contributed by atoms with Gasteiger partial charge in [-0.2, -0.15) is 0 Å². The van der Waals surface area contributed by atoms with Crippen molar-refractivity contribution in [2.24, 2.45) is 5.73 Å². The number of hydrogen-bond acceptors (Lipinski definition) is 3. The van der Waals surface area contributed by atoms with Crippen molar-refractivity contribution in [2.45, 2.75) is 26.7 Å². The normalized spacial score (nSPS) is 10.3. The Kier molecular flexibility index (Phi) is 6.92. The first-order valence-electron chi connectivity index (χ1n) is 6.73. The minimum absolute atomic E-state index is 0.00802. The first kappa shape index (κ1) is 17.7. The molecule has 0 aliphatic carbocycles. The number of carbonyl (C=O) groups is 1. The second kappa shape index (κ2) is 8.20. The van der Waals surface area contributed by atoms with E-state index in [-0.39, 0.29) is 5.91 Å². The van der Waals surface area contributed by atoms with Gasteiger partial charge < -0.3 is 15.4 Å². The molecule has 0 aliphatic rings. The zero-order chi connectivity index (χ0) is 16.0. The molecular formula is C15H21ClN2O2S. The van der Waals surface area contributed by atoms with Gasteiger partial charge in [0, 0.05) is 25.0 Å². The number of carbonyl (C=O) groups excluding carboxylic acids is 1. The summed E-state index contributed by atoms with van der Waals surface area (Å²) < 4.78 is 5.61. The molecule has 0 saturated heterocycles. The molecule has 0 bridgehead atoms. The second-order valence-electron chi connectivity index (χ2n) is 5.00. The van der Waals surface area contributed by atoms with E-state index in [1.807, 2.05) is 26.0 Å². The molecular weight excluding hydrogens is 308 g/mol. The quantitative estimate of drug-likeness (QED) is 0.782. The maximum Gasteiger partial charge on any atom is 0.225 e. The van der Waals surface area contributed by atoms with Crippen molar-refractivity contribution in [2.75, 3.05) is 20.2 Å². The summed E-state index contributed by atoms with van der Waals surface area (Å²) in [5.74, 6) is 0.738. The zero-order valence-corrected chi connectivity index (χ0v) is 14.2. The molecule has 0 unspecified atom stereocenters. The summed E-state index contributed by atoms with van der Waals surface area (Å²) in [5.41, 5.74) is 7.34. The van der Waals surface area contributed by atoms with Gasteiger partial charge in [0.15, 0.2) is 0 Å². The average Bonchev–Trinajstić information content (AvgIpc) is 2.41. The van der Waals surface area contributed by atoms with Crippen LogP contribution in [0, 0.1) is 13.8 Å². The number of aryl methyl sites for hydroxylation is 2. The summed E-state index contributed by atoms with van der Waals surface area (Å²) in [6.45, 7) is 4.72. The minimum atomic E-state index is 0.00802. The van der Waals surface area contributed by atoms with E-state index in [9.17, 15) is 4.79 Å². The van der Waals surface area contributed by atoms with Gasteiger partial charge in [-0.15, -0.1) is 0 Å². The van der Waals surface area contributed by atoms with E-state index in [0.717, 1.165) is 21.9 Å². The van der Waals surface area contributed by atoms with Crippen molar-refractivity contribution < 1.29 is 9.53 Å². The fourth-order valence-corrected chi connectivity index (χ4v) is 2.04. The van der Waals surface area contributed by atoms with E-state index in [2.05, 4.69) is 0 Å². The largest absolute Gasteiger partial charge is 0.493 e. The number of ether oxygens (including phenoxy) is 1. The smallest absolute Gasteiger partial charge is 0.225 e. The summed E-state index contributed by atoms with van der Waals surface area (Å²) in [6.07, 6.45) is 0.850. The molecule has 0 radical (unpaired) electrons. The van der Waals surface area contributed by atoms with Crippen LogP contribution in [0.25, 0.3) is 0 Å². The van der Waals surface area contributed by atoms with E-state index in [0.29, 0.717) is 31.0 Å². The lowest BCUT2D eigenvalue weighted by atomic mass is 10.1. The molecule has 6 heteroatoms. The number of nitrogens with zero attached hydrogens (tertiary/aromatic N) is 1. The number of amides is 1. The third-order valence-corrected chi connectivity index (χ3v) is 3.91. The monoisotopic (exact) mass is 328 g/mol. The van der Waals surface area contributed by atoms with Crippen LogP contribution in [0.3, 0.4) is 0 Å². The Morgan fingerprint density at radius 1 is 1.33 bits per heavy atom. The van der Waals surface area contributed by atoms with Gasteiger partial charge in [-0.05, 0) is 37.1 Å². The van der Waals surface area contributed by atoms with Crippen molar-refractivity contribution in [3.63, 3.8) is 0 Å². The van der Waals surface area contributed by atoms with Crippen molar-refractivity contribution in [3.8, 4) is 5.75 Å². The topological polar surface area (TPSA) is 55.6 Å². The molecule has 0 fully saturated rings. The molecule has 0 heterocycles. The highest BCUT2D eigenvalue weighted by Crippen LogP contribution is 2.25. The third-order valence-electron chi connectivity index (χ3n) is 3.11. The molecule has 0 saturated carbocycles. The summed E-state index contributed by atoms with van der Waals surface area (Å²) in [7, 11) is 1.73. The second-order valence-corrected chi connectivity index (χ2v) is 5.90. The third kappa shape index (κ3) is 5.89. The summed E-state index contributed by atoms with van der Waals surface area (Å²) in [5, 5.41) is 0.746. The predicted octanol–water partition coefficient (Wildman–Crippen LogP) is 2.86. The van der Waals surface area contributed by atoms with Gasteiger partial charge >= 0.3 is 0 Å². The van der Waals surface area contributed by atoms with Crippen LogP contribution >= 0.6 is 23.8 Å². The van der Waals surface area contributed by atoms with Crippen LogP contribution in [0.2, 0.25) is 5.02 Å². The number of benzene rings is 1. The van der Waals surface area contributed by atoms with Gasteiger partial charge in [0.1, 0.15) is 5.75 Å². The number of rotatable bonds is 7. The van der Waals surface area contributed by atoms with Crippen LogP contribution in [-0.2, 0) is 4.79 Å².